The quantitative estimate of drug-likeness (QED) is 0.836. The monoisotopic (exact) mass is 253 g/mol. The van der Waals surface area contributed by atoms with Gasteiger partial charge in [-0.3, -0.25) is 0 Å². The van der Waals surface area contributed by atoms with E-state index < -0.39 is 0 Å². The molecule has 0 saturated carbocycles. The Balaban J connectivity index is 2.75. The minimum atomic E-state index is 0.416. The largest absolute Gasteiger partial charge is 0.490 e. The van der Waals surface area contributed by atoms with Crippen LogP contribution in [0.3, 0.4) is 0 Å². The van der Waals surface area contributed by atoms with Crippen LogP contribution in [0.5, 0.6) is 5.75 Å². The van der Waals surface area contributed by atoms with Crippen LogP contribution in [0.2, 0.25) is 15.1 Å². The molecule has 2 N–H and O–H groups in total. The minimum absolute atomic E-state index is 0.416. The third kappa shape index (κ3) is 3.21. The fourth-order valence-electron chi connectivity index (χ4n) is 0.924. The molecule has 2 nitrogen and oxygen atoms in total. The van der Waals surface area contributed by atoms with Gasteiger partial charge in [0, 0.05) is 5.02 Å². The number of halogens is 3. The molecule has 5 heteroatoms. The first-order chi connectivity index (χ1) is 6.65. The molecule has 0 unspecified atom stereocenters. The van der Waals surface area contributed by atoms with Crippen LogP contribution in [0.25, 0.3) is 0 Å². The molecular weight excluding hydrogens is 244 g/mol. The number of ether oxygens (including phenoxy) is 1. The fourth-order valence-corrected chi connectivity index (χ4v) is 1.85. The van der Waals surface area contributed by atoms with Crippen molar-refractivity contribution in [1.82, 2.24) is 0 Å². The summed E-state index contributed by atoms with van der Waals surface area (Å²) >= 11 is 17.5. The van der Waals surface area contributed by atoms with E-state index in [0.717, 1.165) is 6.42 Å². The summed E-state index contributed by atoms with van der Waals surface area (Å²) in [7, 11) is 0. The van der Waals surface area contributed by atoms with Crippen molar-refractivity contribution in [2.24, 2.45) is 5.73 Å². The molecule has 0 bridgehead atoms. The van der Waals surface area contributed by atoms with Gasteiger partial charge in [0.1, 0.15) is 0 Å². The van der Waals surface area contributed by atoms with Gasteiger partial charge in [0.15, 0.2) is 5.75 Å². The fraction of sp³-hybridized carbons (Fsp3) is 0.333. The highest BCUT2D eigenvalue weighted by atomic mass is 35.5. The molecule has 0 aliphatic rings. The lowest BCUT2D eigenvalue weighted by Gasteiger charge is -2.09. The van der Waals surface area contributed by atoms with Gasteiger partial charge in [-0.2, -0.15) is 0 Å². The van der Waals surface area contributed by atoms with Gasteiger partial charge in [0.05, 0.1) is 16.7 Å². The van der Waals surface area contributed by atoms with Crippen molar-refractivity contribution < 1.29 is 4.74 Å². The predicted octanol–water partition coefficient (Wildman–Crippen LogP) is 3.37. The summed E-state index contributed by atoms with van der Waals surface area (Å²) in [6.07, 6.45) is 0.759. The first-order valence-corrected chi connectivity index (χ1v) is 5.26. The Bertz CT molecular complexity index is 294. The lowest BCUT2D eigenvalue weighted by Crippen LogP contribution is -2.06. The molecule has 0 amide bonds. The number of rotatable bonds is 4. The Hall–Kier alpha value is -0.150. The molecule has 0 aliphatic heterocycles. The van der Waals surface area contributed by atoms with Gasteiger partial charge in [-0.1, -0.05) is 34.8 Å². The van der Waals surface area contributed by atoms with E-state index in [1.165, 1.54) is 0 Å². The third-order valence-electron chi connectivity index (χ3n) is 1.56. The molecule has 0 atom stereocenters. The summed E-state index contributed by atoms with van der Waals surface area (Å²) in [5.74, 6) is 0.464. The normalized spacial score (nSPS) is 10.3. The second kappa shape index (κ2) is 5.66. The Morgan fingerprint density at radius 2 is 1.71 bits per heavy atom. The highest BCUT2D eigenvalue weighted by Gasteiger charge is 2.08. The smallest absolute Gasteiger partial charge is 0.156 e. The second-order valence-corrected chi connectivity index (χ2v) is 3.94. The van der Waals surface area contributed by atoms with Crippen LogP contribution >= 0.6 is 34.8 Å². The lowest BCUT2D eigenvalue weighted by atomic mass is 10.3. The number of hydrogen-bond donors (Lipinski definition) is 1. The van der Waals surface area contributed by atoms with E-state index in [9.17, 15) is 0 Å². The van der Waals surface area contributed by atoms with Crippen molar-refractivity contribution in [1.29, 1.82) is 0 Å². The summed E-state index contributed by atoms with van der Waals surface area (Å²) in [5, 5.41) is 1.32. The van der Waals surface area contributed by atoms with Gasteiger partial charge in [0.25, 0.3) is 0 Å². The Morgan fingerprint density at radius 3 is 2.21 bits per heavy atom. The van der Waals surface area contributed by atoms with E-state index in [1.807, 2.05) is 0 Å². The van der Waals surface area contributed by atoms with Gasteiger partial charge in [0.2, 0.25) is 0 Å². The molecule has 0 fully saturated rings. The Kier molecular flexibility index (Phi) is 4.82. The van der Waals surface area contributed by atoms with E-state index in [1.54, 1.807) is 12.1 Å². The zero-order valence-electron chi connectivity index (χ0n) is 7.40. The van der Waals surface area contributed by atoms with E-state index in [4.69, 9.17) is 45.3 Å². The second-order valence-electron chi connectivity index (χ2n) is 2.69. The molecule has 0 aromatic heterocycles. The summed E-state index contributed by atoms with van der Waals surface area (Å²) in [5.41, 5.74) is 5.33. The van der Waals surface area contributed by atoms with E-state index in [0.29, 0.717) is 34.0 Å². The molecule has 1 aromatic carbocycles. The molecule has 1 rings (SSSR count). The average molecular weight is 255 g/mol. The number of benzene rings is 1. The van der Waals surface area contributed by atoms with E-state index >= 15 is 0 Å². The third-order valence-corrected chi connectivity index (χ3v) is 2.34. The Labute approximate surface area is 97.9 Å². The number of hydrogen-bond acceptors (Lipinski definition) is 2. The zero-order valence-corrected chi connectivity index (χ0v) is 9.66. The Morgan fingerprint density at radius 1 is 1.14 bits per heavy atom. The predicted molar refractivity (Wildman–Crippen MR) is 60.6 cm³/mol. The van der Waals surface area contributed by atoms with E-state index in [2.05, 4.69) is 0 Å². The molecule has 0 radical (unpaired) electrons. The summed E-state index contributed by atoms with van der Waals surface area (Å²) in [6, 6.07) is 3.18. The molecule has 1 aromatic rings. The molecule has 0 aliphatic carbocycles. The van der Waals surface area contributed by atoms with Crippen LogP contribution in [-0.2, 0) is 0 Å². The highest BCUT2D eigenvalue weighted by molar-refractivity contribution is 6.40. The van der Waals surface area contributed by atoms with Crippen molar-refractivity contribution in [3.63, 3.8) is 0 Å². The molecule has 78 valence electrons. The maximum absolute atomic E-state index is 5.89. The van der Waals surface area contributed by atoms with Gasteiger partial charge in [-0.05, 0) is 25.1 Å². The van der Waals surface area contributed by atoms with E-state index in [-0.39, 0.29) is 0 Å². The van der Waals surface area contributed by atoms with Gasteiger partial charge < -0.3 is 10.5 Å². The van der Waals surface area contributed by atoms with Crippen LogP contribution in [0, 0.1) is 0 Å². The first-order valence-electron chi connectivity index (χ1n) is 4.12. The summed E-state index contributed by atoms with van der Waals surface area (Å²) in [6.45, 7) is 1.07. The summed E-state index contributed by atoms with van der Waals surface area (Å²) in [4.78, 5) is 0. The molecule has 14 heavy (non-hydrogen) atoms. The summed E-state index contributed by atoms with van der Waals surface area (Å²) < 4.78 is 5.36. The number of nitrogens with two attached hydrogens (primary N) is 1. The standard InChI is InChI=1S/C9H10Cl3NO/c10-6-4-7(11)9(8(12)5-6)14-3-1-2-13/h4-5H,1-3,13H2. The van der Waals surface area contributed by atoms with Crippen molar-refractivity contribution in [2.75, 3.05) is 13.2 Å². The van der Waals surface area contributed by atoms with Crippen LogP contribution in [0.4, 0.5) is 0 Å². The maximum atomic E-state index is 5.89. The average Bonchev–Trinajstić information content (AvgIpc) is 2.09. The van der Waals surface area contributed by atoms with Gasteiger partial charge in [-0.15, -0.1) is 0 Å². The van der Waals surface area contributed by atoms with Gasteiger partial charge in [-0.25, -0.2) is 0 Å². The van der Waals surface area contributed by atoms with Gasteiger partial charge >= 0.3 is 0 Å². The topological polar surface area (TPSA) is 35.2 Å². The van der Waals surface area contributed by atoms with Crippen molar-refractivity contribution in [3.8, 4) is 5.75 Å². The van der Waals surface area contributed by atoms with Crippen LogP contribution < -0.4 is 10.5 Å². The molecular formula is C9H10Cl3NO. The van der Waals surface area contributed by atoms with Crippen molar-refractivity contribution in [2.45, 2.75) is 6.42 Å². The minimum Gasteiger partial charge on any atom is -0.490 e. The van der Waals surface area contributed by atoms with Crippen LogP contribution in [-0.4, -0.2) is 13.2 Å². The lowest BCUT2D eigenvalue weighted by molar-refractivity contribution is 0.314. The molecule has 0 heterocycles. The maximum Gasteiger partial charge on any atom is 0.156 e. The van der Waals surface area contributed by atoms with Crippen LogP contribution in [0.1, 0.15) is 6.42 Å². The first kappa shape index (κ1) is 11.9. The van der Waals surface area contributed by atoms with Crippen molar-refractivity contribution >= 4 is 34.8 Å². The SMILES string of the molecule is NCCCOc1c(Cl)cc(Cl)cc1Cl. The molecule has 0 saturated heterocycles. The molecule has 0 spiro atoms. The van der Waals surface area contributed by atoms with Crippen LogP contribution in [0.15, 0.2) is 12.1 Å². The van der Waals surface area contributed by atoms with Crippen molar-refractivity contribution in [3.05, 3.63) is 27.2 Å². The highest BCUT2D eigenvalue weighted by Crippen LogP contribution is 2.35. The zero-order chi connectivity index (χ0) is 10.6.